The molecular weight excluding hydrogens is 331 g/mol. The van der Waals surface area contributed by atoms with E-state index in [1.54, 1.807) is 7.11 Å². The van der Waals surface area contributed by atoms with Crippen LogP contribution in [0.25, 0.3) is 0 Å². The Hall–Kier alpha value is -2.40. The zero-order valence-corrected chi connectivity index (χ0v) is 15.1. The minimum atomic E-state index is -0.342. The maximum atomic E-state index is 13.0. The van der Waals surface area contributed by atoms with Crippen molar-refractivity contribution in [3.8, 4) is 5.75 Å². The van der Waals surface area contributed by atoms with Gasteiger partial charge in [-0.3, -0.25) is 9.69 Å². The van der Waals surface area contributed by atoms with Gasteiger partial charge in [0.05, 0.1) is 13.2 Å². The third-order valence-corrected chi connectivity index (χ3v) is 4.89. The van der Waals surface area contributed by atoms with Gasteiger partial charge in [-0.1, -0.05) is 18.6 Å². The van der Waals surface area contributed by atoms with Crippen molar-refractivity contribution < 1.29 is 13.9 Å². The number of nitrogens with one attached hydrogen (secondary N) is 1. The summed E-state index contributed by atoms with van der Waals surface area (Å²) in [6, 6.07) is 13.8. The third-order valence-electron chi connectivity index (χ3n) is 4.89. The molecule has 1 atom stereocenters. The maximum Gasteiger partial charge on any atom is 0.251 e. The van der Waals surface area contributed by atoms with Gasteiger partial charge in [0.15, 0.2) is 0 Å². The van der Waals surface area contributed by atoms with Crippen LogP contribution in [-0.4, -0.2) is 37.6 Å². The molecule has 0 spiro atoms. The monoisotopic (exact) mass is 356 g/mol. The zero-order valence-electron chi connectivity index (χ0n) is 15.1. The Kier molecular flexibility index (Phi) is 6.23. The van der Waals surface area contributed by atoms with Gasteiger partial charge in [0.2, 0.25) is 0 Å². The molecule has 26 heavy (non-hydrogen) atoms. The first-order valence-corrected chi connectivity index (χ1v) is 9.09. The van der Waals surface area contributed by atoms with Crippen molar-refractivity contribution in [3.05, 3.63) is 65.5 Å². The fraction of sp³-hybridized carbons (Fsp3) is 0.381. The van der Waals surface area contributed by atoms with Crippen molar-refractivity contribution in [1.82, 2.24) is 10.2 Å². The van der Waals surface area contributed by atoms with E-state index >= 15 is 0 Å². The van der Waals surface area contributed by atoms with Crippen LogP contribution in [0.1, 0.15) is 41.2 Å². The Morgan fingerprint density at radius 3 is 2.35 bits per heavy atom. The van der Waals surface area contributed by atoms with E-state index in [4.69, 9.17) is 4.74 Å². The van der Waals surface area contributed by atoms with Crippen molar-refractivity contribution in [2.24, 2.45) is 0 Å². The van der Waals surface area contributed by atoms with Crippen molar-refractivity contribution in [3.63, 3.8) is 0 Å². The number of piperidine rings is 1. The van der Waals surface area contributed by atoms with Gasteiger partial charge in [0, 0.05) is 12.1 Å². The predicted octanol–water partition coefficient (Wildman–Crippen LogP) is 3.79. The van der Waals surface area contributed by atoms with Gasteiger partial charge >= 0.3 is 0 Å². The van der Waals surface area contributed by atoms with Gasteiger partial charge in [0.1, 0.15) is 11.6 Å². The van der Waals surface area contributed by atoms with Gasteiger partial charge in [-0.15, -0.1) is 0 Å². The molecule has 1 saturated heterocycles. The lowest BCUT2D eigenvalue weighted by molar-refractivity contribution is 0.0924. The normalized spacial score (nSPS) is 16.1. The SMILES string of the molecule is COc1ccc(C(CNC(=O)c2ccc(F)cc2)N2CCCCC2)cc1. The van der Waals surface area contributed by atoms with E-state index in [2.05, 4.69) is 22.3 Å². The minimum absolute atomic E-state index is 0.116. The quantitative estimate of drug-likeness (QED) is 0.856. The molecule has 0 saturated carbocycles. The van der Waals surface area contributed by atoms with Gasteiger partial charge in [-0.25, -0.2) is 4.39 Å². The Morgan fingerprint density at radius 2 is 1.73 bits per heavy atom. The minimum Gasteiger partial charge on any atom is -0.497 e. The highest BCUT2D eigenvalue weighted by molar-refractivity contribution is 5.94. The van der Waals surface area contributed by atoms with Crippen LogP contribution in [0.4, 0.5) is 4.39 Å². The smallest absolute Gasteiger partial charge is 0.251 e. The number of benzene rings is 2. The molecule has 1 fully saturated rings. The number of rotatable bonds is 6. The highest BCUT2D eigenvalue weighted by atomic mass is 19.1. The Bertz CT molecular complexity index is 710. The summed E-state index contributed by atoms with van der Waals surface area (Å²) in [6.45, 7) is 2.58. The maximum absolute atomic E-state index is 13.0. The van der Waals surface area contributed by atoms with Crippen LogP contribution < -0.4 is 10.1 Å². The van der Waals surface area contributed by atoms with E-state index in [0.717, 1.165) is 24.4 Å². The molecule has 0 radical (unpaired) electrons. The van der Waals surface area contributed by atoms with Gasteiger partial charge in [-0.2, -0.15) is 0 Å². The second kappa shape index (κ2) is 8.81. The summed E-state index contributed by atoms with van der Waals surface area (Å²) in [7, 11) is 1.65. The van der Waals surface area contributed by atoms with Crippen molar-refractivity contribution >= 4 is 5.91 Å². The van der Waals surface area contributed by atoms with E-state index in [9.17, 15) is 9.18 Å². The van der Waals surface area contributed by atoms with Gasteiger partial charge in [-0.05, 0) is 67.9 Å². The molecule has 1 amide bonds. The molecule has 138 valence electrons. The van der Waals surface area contributed by atoms with Crippen LogP contribution in [0, 0.1) is 5.82 Å². The summed E-state index contributed by atoms with van der Waals surface area (Å²) < 4.78 is 18.3. The lowest BCUT2D eigenvalue weighted by Crippen LogP contribution is -2.40. The number of carbonyl (C=O) groups is 1. The van der Waals surface area contributed by atoms with Crippen molar-refractivity contribution in [2.75, 3.05) is 26.7 Å². The first-order valence-electron chi connectivity index (χ1n) is 9.09. The largest absolute Gasteiger partial charge is 0.497 e. The van der Waals surface area contributed by atoms with E-state index in [-0.39, 0.29) is 17.8 Å². The fourth-order valence-corrected chi connectivity index (χ4v) is 3.41. The summed E-state index contributed by atoms with van der Waals surface area (Å²) >= 11 is 0. The van der Waals surface area contributed by atoms with Crippen LogP contribution in [0.5, 0.6) is 5.75 Å². The molecule has 0 aromatic heterocycles. The molecule has 1 unspecified atom stereocenters. The van der Waals surface area contributed by atoms with Crippen LogP contribution in [0.2, 0.25) is 0 Å². The summed E-state index contributed by atoms with van der Waals surface area (Å²) in [4.78, 5) is 14.8. The number of methoxy groups -OCH3 is 1. The van der Waals surface area contributed by atoms with Crippen LogP contribution in [0.15, 0.2) is 48.5 Å². The predicted molar refractivity (Wildman–Crippen MR) is 99.9 cm³/mol. The number of amides is 1. The van der Waals surface area contributed by atoms with E-state index in [1.165, 1.54) is 43.5 Å². The van der Waals surface area contributed by atoms with Crippen molar-refractivity contribution in [2.45, 2.75) is 25.3 Å². The number of nitrogens with zero attached hydrogens (tertiary/aromatic N) is 1. The van der Waals surface area contributed by atoms with Gasteiger partial charge < -0.3 is 10.1 Å². The molecule has 1 aliphatic heterocycles. The first-order chi connectivity index (χ1) is 12.7. The van der Waals surface area contributed by atoms with Gasteiger partial charge in [0.25, 0.3) is 5.91 Å². The van der Waals surface area contributed by atoms with Crippen LogP contribution in [0.3, 0.4) is 0 Å². The third kappa shape index (κ3) is 4.61. The molecule has 0 bridgehead atoms. The number of ether oxygens (including phenoxy) is 1. The lowest BCUT2D eigenvalue weighted by Gasteiger charge is -2.35. The Balaban J connectivity index is 1.72. The highest BCUT2D eigenvalue weighted by Crippen LogP contribution is 2.26. The standard InChI is InChI=1S/C21H25FN2O2/c1-26-19-11-7-16(8-12-19)20(24-13-3-2-4-14-24)15-23-21(25)17-5-9-18(22)10-6-17/h5-12,20H,2-4,13-15H2,1H3,(H,23,25). The Morgan fingerprint density at radius 1 is 1.08 bits per heavy atom. The number of carbonyl (C=O) groups excluding carboxylic acids is 1. The summed E-state index contributed by atoms with van der Waals surface area (Å²) in [6.07, 6.45) is 3.62. The van der Waals surface area contributed by atoms with Crippen LogP contribution >= 0.6 is 0 Å². The molecular formula is C21H25FN2O2. The first kappa shape index (κ1) is 18.4. The second-order valence-electron chi connectivity index (χ2n) is 6.60. The number of halogens is 1. The number of hydrogen-bond donors (Lipinski definition) is 1. The topological polar surface area (TPSA) is 41.6 Å². The number of likely N-dealkylation sites (tertiary alicyclic amines) is 1. The van der Waals surface area contributed by atoms with E-state index < -0.39 is 0 Å². The zero-order chi connectivity index (χ0) is 18.4. The lowest BCUT2D eigenvalue weighted by atomic mass is 10.0. The highest BCUT2D eigenvalue weighted by Gasteiger charge is 2.23. The summed E-state index contributed by atoms with van der Waals surface area (Å²) in [5.74, 6) is 0.299. The molecule has 2 aromatic carbocycles. The number of hydrogen-bond acceptors (Lipinski definition) is 3. The Labute approximate surface area is 154 Å². The summed E-state index contributed by atoms with van der Waals surface area (Å²) in [5, 5.41) is 3.01. The van der Waals surface area contributed by atoms with E-state index in [0.29, 0.717) is 12.1 Å². The van der Waals surface area contributed by atoms with E-state index in [1.807, 2.05) is 12.1 Å². The summed E-state index contributed by atoms with van der Waals surface area (Å²) in [5.41, 5.74) is 1.63. The average Bonchev–Trinajstić information content (AvgIpc) is 2.70. The molecule has 0 aliphatic carbocycles. The molecule has 2 aromatic rings. The molecule has 1 N–H and O–H groups in total. The molecule has 1 heterocycles. The molecule has 1 aliphatic rings. The second-order valence-corrected chi connectivity index (χ2v) is 6.60. The molecule has 4 nitrogen and oxygen atoms in total. The fourth-order valence-electron chi connectivity index (χ4n) is 3.41. The average molecular weight is 356 g/mol. The van der Waals surface area contributed by atoms with Crippen molar-refractivity contribution in [1.29, 1.82) is 0 Å². The molecule has 3 rings (SSSR count). The van der Waals surface area contributed by atoms with Crippen LogP contribution in [-0.2, 0) is 0 Å². The molecule has 5 heteroatoms.